The average molecular weight is 402 g/mol. The molecule has 142 valence electrons. The molecule has 4 rings (SSSR count). The molecule has 0 atom stereocenters. The van der Waals surface area contributed by atoms with E-state index < -0.39 is 0 Å². The second kappa shape index (κ2) is 8.54. The van der Waals surface area contributed by atoms with Crippen molar-refractivity contribution < 1.29 is 9.53 Å². The van der Waals surface area contributed by atoms with Gasteiger partial charge in [0.1, 0.15) is 11.5 Å². The van der Waals surface area contributed by atoms with Gasteiger partial charge in [-0.15, -0.1) is 0 Å². The second-order valence-corrected chi connectivity index (χ2v) is 6.63. The number of ether oxygens (including phenoxy) is 1. The van der Waals surface area contributed by atoms with Crippen LogP contribution in [0.25, 0.3) is 11.4 Å². The summed E-state index contributed by atoms with van der Waals surface area (Å²) >= 11 is 5.89. The van der Waals surface area contributed by atoms with Gasteiger partial charge >= 0.3 is 0 Å². The molecule has 1 aromatic heterocycles. The maximum absolute atomic E-state index is 12.4. The smallest absolute Gasteiger partial charge is 0.258 e. The summed E-state index contributed by atoms with van der Waals surface area (Å²) in [5.41, 5.74) is 1.85. The van der Waals surface area contributed by atoms with E-state index in [1.54, 1.807) is 36.4 Å². The quantitative estimate of drug-likeness (QED) is 0.456. The first-order valence-corrected chi connectivity index (χ1v) is 9.27. The number of rotatable bonds is 5. The van der Waals surface area contributed by atoms with Crippen molar-refractivity contribution in [2.75, 3.05) is 5.32 Å². The third kappa shape index (κ3) is 4.78. The molecule has 1 heterocycles. The van der Waals surface area contributed by atoms with Crippen LogP contribution in [0.4, 0.5) is 5.69 Å². The molecule has 3 aromatic carbocycles. The van der Waals surface area contributed by atoms with Crippen LogP contribution in [-0.4, -0.2) is 15.9 Å². The fourth-order valence-electron chi connectivity index (χ4n) is 2.63. The summed E-state index contributed by atoms with van der Waals surface area (Å²) in [6.07, 6.45) is 3.00. The first-order chi connectivity index (χ1) is 14.2. The van der Waals surface area contributed by atoms with Crippen LogP contribution in [0.15, 0.2) is 91.3 Å². The summed E-state index contributed by atoms with van der Waals surface area (Å²) in [6.45, 7) is 0. The zero-order valence-corrected chi connectivity index (χ0v) is 16.0. The predicted octanol–water partition coefficient (Wildman–Crippen LogP) is 5.84. The number of benzene rings is 3. The van der Waals surface area contributed by atoms with Crippen molar-refractivity contribution in [1.29, 1.82) is 0 Å². The van der Waals surface area contributed by atoms with E-state index in [4.69, 9.17) is 16.3 Å². The zero-order valence-electron chi connectivity index (χ0n) is 15.2. The van der Waals surface area contributed by atoms with Gasteiger partial charge in [0, 0.05) is 28.7 Å². The van der Waals surface area contributed by atoms with Crippen LogP contribution >= 0.6 is 11.6 Å². The van der Waals surface area contributed by atoms with Crippen molar-refractivity contribution in [1.82, 2.24) is 9.97 Å². The number of amides is 1. The summed E-state index contributed by atoms with van der Waals surface area (Å²) in [7, 11) is 0. The lowest BCUT2D eigenvalue weighted by atomic mass is 10.2. The van der Waals surface area contributed by atoms with Crippen molar-refractivity contribution in [2.45, 2.75) is 0 Å². The SMILES string of the molecule is O=C(Nc1ccc(Oc2ccccc2)cc1)c1cnc(-c2ccc(Cl)cc2)nc1. The van der Waals surface area contributed by atoms with E-state index in [2.05, 4.69) is 15.3 Å². The average Bonchev–Trinajstić information content (AvgIpc) is 2.76. The van der Waals surface area contributed by atoms with Gasteiger partial charge in [0.2, 0.25) is 0 Å². The normalized spacial score (nSPS) is 10.4. The van der Waals surface area contributed by atoms with Gasteiger partial charge in [0.25, 0.3) is 5.91 Å². The second-order valence-electron chi connectivity index (χ2n) is 6.20. The van der Waals surface area contributed by atoms with Crippen LogP contribution in [-0.2, 0) is 0 Å². The molecule has 6 heteroatoms. The van der Waals surface area contributed by atoms with E-state index in [0.717, 1.165) is 11.3 Å². The number of anilines is 1. The Morgan fingerprint density at radius 3 is 2.07 bits per heavy atom. The van der Waals surface area contributed by atoms with Gasteiger partial charge in [0.05, 0.1) is 5.56 Å². The standard InChI is InChI=1S/C23H16ClN3O2/c24-18-8-6-16(7-9-18)22-25-14-17(15-26-22)23(28)27-19-10-12-21(13-11-19)29-20-4-2-1-3-5-20/h1-15H,(H,27,28). The first kappa shape index (κ1) is 18.7. The number of nitrogens with zero attached hydrogens (tertiary/aromatic N) is 2. The van der Waals surface area contributed by atoms with Gasteiger partial charge < -0.3 is 10.1 Å². The molecule has 0 fully saturated rings. The van der Waals surface area contributed by atoms with Gasteiger partial charge in [-0.25, -0.2) is 9.97 Å². The molecule has 4 aromatic rings. The van der Waals surface area contributed by atoms with E-state index in [-0.39, 0.29) is 5.91 Å². The number of aromatic nitrogens is 2. The van der Waals surface area contributed by atoms with E-state index in [9.17, 15) is 4.79 Å². The van der Waals surface area contributed by atoms with Crippen molar-refractivity contribution in [2.24, 2.45) is 0 Å². The maximum Gasteiger partial charge on any atom is 0.258 e. The van der Waals surface area contributed by atoms with Gasteiger partial charge in [-0.3, -0.25) is 4.79 Å². The largest absolute Gasteiger partial charge is 0.457 e. The third-order valence-corrected chi connectivity index (χ3v) is 4.36. The Kier molecular flexibility index (Phi) is 5.49. The van der Waals surface area contributed by atoms with Crippen LogP contribution < -0.4 is 10.1 Å². The van der Waals surface area contributed by atoms with E-state index in [1.165, 1.54) is 12.4 Å². The molecule has 1 amide bonds. The summed E-state index contributed by atoms with van der Waals surface area (Å²) in [4.78, 5) is 21.0. The van der Waals surface area contributed by atoms with Crippen LogP contribution in [0.3, 0.4) is 0 Å². The molecule has 1 N–H and O–H groups in total. The van der Waals surface area contributed by atoms with Gasteiger partial charge in [-0.2, -0.15) is 0 Å². The summed E-state index contributed by atoms with van der Waals surface area (Å²) in [5.74, 6) is 1.68. The monoisotopic (exact) mass is 401 g/mol. The summed E-state index contributed by atoms with van der Waals surface area (Å²) in [6, 6.07) is 23.8. The Morgan fingerprint density at radius 1 is 0.793 bits per heavy atom. The van der Waals surface area contributed by atoms with Crippen molar-refractivity contribution in [3.63, 3.8) is 0 Å². The van der Waals surface area contributed by atoms with Gasteiger partial charge in [0.15, 0.2) is 5.82 Å². The number of hydrogen-bond acceptors (Lipinski definition) is 4. The molecule has 0 aliphatic rings. The molecule has 0 unspecified atom stereocenters. The zero-order chi connectivity index (χ0) is 20.1. The molecular weight excluding hydrogens is 386 g/mol. The molecule has 0 aliphatic heterocycles. The van der Waals surface area contributed by atoms with Crippen molar-refractivity contribution in [3.05, 3.63) is 102 Å². The molecular formula is C23H16ClN3O2. The van der Waals surface area contributed by atoms with E-state index in [1.807, 2.05) is 42.5 Å². The highest BCUT2D eigenvalue weighted by Gasteiger charge is 2.09. The molecule has 0 saturated carbocycles. The fourth-order valence-corrected chi connectivity index (χ4v) is 2.75. The minimum Gasteiger partial charge on any atom is -0.457 e. The Labute approximate surface area is 173 Å². The lowest BCUT2D eigenvalue weighted by Gasteiger charge is -2.08. The minimum absolute atomic E-state index is 0.288. The highest BCUT2D eigenvalue weighted by atomic mass is 35.5. The summed E-state index contributed by atoms with van der Waals surface area (Å²) < 4.78 is 5.74. The molecule has 0 saturated heterocycles. The number of carbonyl (C=O) groups excluding carboxylic acids is 1. The van der Waals surface area contributed by atoms with Crippen molar-refractivity contribution in [3.8, 4) is 22.9 Å². The molecule has 0 bridgehead atoms. The number of hydrogen-bond donors (Lipinski definition) is 1. The minimum atomic E-state index is -0.288. The van der Waals surface area contributed by atoms with Gasteiger partial charge in [-0.1, -0.05) is 29.8 Å². The van der Waals surface area contributed by atoms with Crippen LogP contribution in [0.5, 0.6) is 11.5 Å². The van der Waals surface area contributed by atoms with E-state index in [0.29, 0.717) is 27.8 Å². The molecule has 0 aliphatic carbocycles. The fraction of sp³-hybridized carbons (Fsp3) is 0. The highest BCUT2D eigenvalue weighted by molar-refractivity contribution is 6.30. The Balaban J connectivity index is 1.40. The maximum atomic E-state index is 12.4. The topological polar surface area (TPSA) is 64.1 Å². The van der Waals surface area contributed by atoms with Crippen LogP contribution in [0.1, 0.15) is 10.4 Å². The molecule has 0 spiro atoms. The lowest BCUT2D eigenvalue weighted by Crippen LogP contribution is -2.12. The van der Waals surface area contributed by atoms with Crippen LogP contribution in [0, 0.1) is 0 Å². The Morgan fingerprint density at radius 2 is 1.41 bits per heavy atom. The Bertz CT molecular complexity index is 1100. The first-order valence-electron chi connectivity index (χ1n) is 8.90. The number of para-hydroxylation sites is 1. The number of halogens is 1. The third-order valence-electron chi connectivity index (χ3n) is 4.11. The van der Waals surface area contributed by atoms with Crippen molar-refractivity contribution >= 4 is 23.2 Å². The number of carbonyl (C=O) groups is 1. The predicted molar refractivity (Wildman–Crippen MR) is 113 cm³/mol. The summed E-state index contributed by atoms with van der Waals surface area (Å²) in [5, 5.41) is 3.47. The number of nitrogens with one attached hydrogen (secondary N) is 1. The lowest BCUT2D eigenvalue weighted by molar-refractivity contribution is 0.102. The molecule has 0 radical (unpaired) electrons. The highest BCUT2D eigenvalue weighted by Crippen LogP contribution is 2.23. The molecule has 29 heavy (non-hydrogen) atoms. The van der Waals surface area contributed by atoms with Crippen LogP contribution in [0.2, 0.25) is 5.02 Å². The van der Waals surface area contributed by atoms with E-state index >= 15 is 0 Å². The molecule has 5 nitrogen and oxygen atoms in total. The Hall–Kier alpha value is -3.70. The van der Waals surface area contributed by atoms with Gasteiger partial charge in [-0.05, 0) is 60.7 Å².